The fourth-order valence-electron chi connectivity index (χ4n) is 4.41. The van der Waals surface area contributed by atoms with Gasteiger partial charge in [-0.3, -0.25) is 4.79 Å². The molecule has 2 N–H and O–H groups in total. The fourth-order valence-corrected chi connectivity index (χ4v) is 5.47. The first-order valence-electron chi connectivity index (χ1n) is 10.2. The number of ether oxygens (including phenoxy) is 1. The van der Waals surface area contributed by atoms with E-state index in [2.05, 4.69) is 32.2 Å². The van der Waals surface area contributed by atoms with Crippen LogP contribution in [0.4, 0.5) is 0 Å². The summed E-state index contributed by atoms with van der Waals surface area (Å²) in [7, 11) is 0. The molecular weight excluding hydrogens is 406 g/mol. The van der Waals surface area contributed by atoms with Gasteiger partial charge in [0.1, 0.15) is 18.0 Å². The Kier molecular flexibility index (Phi) is 7.05. The van der Waals surface area contributed by atoms with Crippen LogP contribution in [0, 0.1) is 26.7 Å². The Labute approximate surface area is 183 Å². The van der Waals surface area contributed by atoms with E-state index in [4.69, 9.17) is 4.74 Å². The van der Waals surface area contributed by atoms with Gasteiger partial charge in [-0.05, 0) is 69.7 Å². The van der Waals surface area contributed by atoms with Crippen LogP contribution in [0.1, 0.15) is 50.5 Å². The third kappa shape index (κ3) is 4.53. The topological polar surface area (TPSA) is 58.6 Å². The van der Waals surface area contributed by atoms with Crippen molar-refractivity contribution in [1.29, 1.82) is 0 Å². The Morgan fingerprint density at radius 3 is 2.79 bits per heavy atom. The Morgan fingerprint density at radius 2 is 2.00 bits per heavy atom. The van der Waals surface area contributed by atoms with Crippen LogP contribution in [-0.4, -0.2) is 35.7 Å². The third-order valence-corrected chi connectivity index (χ3v) is 7.41. The number of Topliss-reactive ketones (excluding diaryl/α,β-unsaturated/α-hetero) is 1. The number of aliphatic hydroxyl groups excluding tert-OH is 1. The zero-order valence-corrected chi connectivity index (χ0v) is 18.9. The standard InChI is InChI=1S/C23H29NO3S.ClH/c1-13-5-4-6-19(15(13)3)27-20-9-8-18(23(20)26)24-12-16-7-10-21-17(22(16)25)11-14(2)28-21;/h4-6,11,16,18,20,23-24,26H,7-10,12H2,1-3H3;1H/t16?,18-,20-,23-;/m1./s1. The number of halogens is 1. The molecule has 0 spiro atoms. The molecule has 158 valence electrons. The quantitative estimate of drug-likeness (QED) is 0.730. The summed E-state index contributed by atoms with van der Waals surface area (Å²) >= 11 is 1.75. The van der Waals surface area contributed by atoms with Gasteiger partial charge in [-0.15, -0.1) is 23.7 Å². The number of aryl methyl sites for hydroxylation is 3. The van der Waals surface area contributed by atoms with E-state index in [0.29, 0.717) is 6.54 Å². The van der Waals surface area contributed by atoms with Crippen LogP contribution in [0.15, 0.2) is 24.3 Å². The lowest BCUT2D eigenvalue weighted by atomic mass is 9.87. The van der Waals surface area contributed by atoms with E-state index in [1.54, 1.807) is 11.3 Å². The first kappa shape index (κ1) is 22.3. The van der Waals surface area contributed by atoms with Crippen molar-refractivity contribution < 1.29 is 14.6 Å². The molecule has 2 aliphatic rings. The molecule has 1 saturated carbocycles. The van der Waals surface area contributed by atoms with E-state index in [1.165, 1.54) is 15.3 Å². The predicted molar refractivity (Wildman–Crippen MR) is 120 cm³/mol. The number of rotatable bonds is 5. The summed E-state index contributed by atoms with van der Waals surface area (Å²) in [6, 6.07) is 8.04. The van der Waals surface area contributed by atoms with Crippen molar-refractivity contribution in [3.05, 3.63) is 50.7 Å². The number of benzene rings is 1. The van der Waals surface area contributed by atoms with Crippen molar-refractivity contribution in [3.8, 4) is 5.75 Å². The number of thiophene rings is 1. The van der Waals surface area contributed by atoms with Crippen LogP contribution in [0.25, 0.3) is 0 Å². The molecule has 4 rings (SSSR count). The molecule has 2 aromatic rings. The first-order chi connectivity index (χ1) is 13.4. The van der Waals surface area contributed by atoms with Gasteiger partial charge < -0.3 is 15.2 Å². The van der Waals surface area contributed by atoms with E-state index in [-0.39, 0.29) is 36.3 Å². The van der Waals surface area contributed by atoms with Crippen LogP contribution in [-0.2, 0) is 6.42 Å². The third-order valence-electron chi connectivity index (χ3n) is 6.30. The van der Waals surface area contributed by atoms with Crippen LogP contribution in [0.5, 0.6) is 5.75 Å². The van der Waals surface area contributed by atoms with E-state index in [1.807, 2.05) is 18.2 Å². The minimum atomic E-state index is -0.558. The van der Waals surface area contributed by atoms with E-state index >= 15 is 0 Å². The minimum absolute atomic E-state index is 0. The molecule has 4 atom stereocenters. The lowest BCUT2D eigenvalue weighted by Crippen LogP contribution is -2.44. The Balaban J connectivity index is 0.00000240. The van der Waals surface area contributed by atoms with Crippen LogP contribution in [0.2, 0.25) is 0 Å². The van der Waals surface area contributed by atoms with E-state index < -0.39 is 6.10 Å². The highest BCUT2D eigenvalue weighted by Gasteiger charge is 2.37. The number of carbonyl (C=O) groups excluding carboxylic acids is 1. The molecule has 0 bridgehead atoms. The lowest BCUT2D eigenvalue weighted by Gasteiger charge is -2.26. The summed E-state index contributed by atoms with van der Waals surface area (Å²) < 4.78 is 6.14. The predicted octanol–water partition coefficient (Wildman–Crippen LogP) is 4.40. The fraction of sp³-hybridized carbons (Fsp3) is 0.522. The maximum Gasteiger partial charge on any atom is 0.168 e. The molecule has 6 heteroatoms. The van der Waals surface area contributed by atoms with Gasteiger partial charge in [0.15, 0.2) is 5.78 Å². The summed E-state index contributed by atoms with van der Waals surface area (Å²) in [4.78, 5) is 15.2. The highest BCUT2D eigenvalue weighted by Crippen LogP contribution is 2.33. The second-order valence-corrected chi connectivity index (χ2v) is 9.57. The average Bonchev–Trinajstić information content (AvgIpc) is 3.22. The smallest absolute Gasteiger partial charge is 0.168 e. The SMILES string of the molecule is Cc1cc2c(s1)CCC(CN[C@@H]1CC[C@@H](Oc3cccc(C)c3C)[C@@H]1O)C2=O.Cl. The van der Waals surface area contributed by atoms with Gasteiger partial charge in [-0.2, -0.15) is 0 Å². The van der Waals surface area contributed by atoms with Crippen LogP contribution in [0.3, 0.4) is 0 Å². The number of hydrogen-bond acceptors (Lipinski definition) is 5. The van der Waals surface area contributed by atoms with Gasteiger partial charge in [-0.25, -0.2) is 0 Å². The highest BCUT2D eigenvalue weighted by molar-refractivity contribution is 7.12. The molecule has 4 nitrogen and oxygen atoms in total. The largest absolute Gasteiger partial charge is 0.487 e. The molecule has 1 unspecified atom stereocenters. The highest BCUT2D eigenvalue weighted by atomic mass is 35.5. The minimum Gasteiger partial charge on any atom is -0.487 e. The molecule has 0 radical (unpaired) electrons. The zero-order chi connectivity index (χ0) is 19.8. The molecule has 0 amide bonds. The molecule has 1 fully saturated rings. The molecule has 1 aromatic carbocycles. The van der Waals surface area contributed by atoms with Crippen molar-refractivity contribution in [2.45, 2.75) is 64.7 Å². The van der Waals surface area contributed by atoms with Crippen molar-refractivity contribution in [3.63, 3.8) is 0 Å². The second-order valence-electron chi connectivity index (χ2n) is 8.23. The number of fused-ring (bicyclic) bond motifs is 1. The van der Waals surface area contributed by atoms with Crippen molar-refractivity contribution in [2.24, 2.45) is 5.92 Å². The van der Waals surface area contributed by atoms with Gasteiger partial charge in [0.25, 0.3) is 0 Å². The van der Waals surface area contributed by atoms with E-state index in [0.717, 1.165) is 42.6 Å². The summed E-state index contributed by atoms with van der Waals surface area (Å²) in [5, 5.41) is 14.2. The number of carbonyl (C=O) groups is 1. The van der Waals surface area contributed by atoms with Crippen molar-refractivity contribution in [1.82, 2.24) is 5.32 Å². The molecule has 0 aliphatic heterocycles. The normalized spacial score (nSPS) is 26.1. The molecular formula is C23H30ClNO3S. The molecule has 0 saturated heterocycles. The van der Waals surface area contributed by atoms with Gasteiger partial charge in [-0.1, -0.05) is 12.1 Å². The van der Waals surface area contributed by atoms with Crippen molar-refractivity contribution in [2.75, 3.05) is 6.54 Å². The summed E-state index contributed by atoms with van der Waals surface area (Å²) in [6.07, 6.45) is 2.80. The monoisotopic (exact) mass is 435 g/mol. The summed E-state index contributed by atoms with van der Waals surface area (Å²) in [5.74, 6) is 1.12. The van der Waals surface area contributed by atoms with Gasteiger partial charge in [0, 0.05) is 33.8 Å². The average molecular weight is 436 g/mol. The molecule has 1 aromatic heterocycles. The Bertz CT molecular complexity index is 881. The number of aliphatic hydroxyl groups is 1. The van der Waals surface area contributed by atoms with Crippen LogP contribution < -0.4 is 10.1 Å². The Hall–Kier alpha value is -1.40. The van der Waals surface area contributed by atoms with Gasteiger partial charge in [0.2, 0.25) is 0 Å². The second kappa shape index (κ2) is 9.17. The number of hydrogen-bond donors (Lipinski definition) is 2. The maximum absolute atomic E-state index is 12.8. The Morgan fingerprint density at radius 1 is 1.21 bits per heavy atom. The number of ketones is 1. The first-order valence-corrected chi connectivity index (χ1v) is 11.0. The van der Waals surface area contributed by atoms with Crippen LogP contribution >= 0.6 is 23.7 Å². The summed E-state index contributed by atoms with van der Waals surface area (Å²) in [6.45, 7) is 6.82. The lowest BCUT2D eigenvalue weighted by molar-refractivity contribution is 0.0438. The number of nitrogens with one attached hydrogen (secondary N) is 1. The molecule has 1 heterocycles. The maximum atomic E-state index is 12.8. The summed E-state index contributed by atoms with van der Waals surface area (Å²) in [5.41, 5.74) is 3.24. The van der Waals surface area contributed by atoms with Crippen molar-refractivity contribution >= 4 is 29.5 Å². The van der Waals surface area contributed by atoms with E-state index in [9.17, 15) is 9.90 Å². The molecule has 29 heavy (non-hydrogen) atoms. The molecule has 2 aliphatic carbocycles. The van der Waals surface area contributed by atoms with Gasteiger partial charge in [0.05, 0.1) is 0 Å². The zero-order valence-electron chi connectivity index (χ0n) is 17.2. The van der Waals surface area contributed by atoms with Gasteiger partial charge >= 0.3 is 0 Å².